The van der Waals surface area contributed by atoms with Crippen LogP contribution in [0.2, 0.25) is 0 Å². The van der Waals surface area contributed by atoms with Gasteiger partial charge in [0.25, 0.3) is 0 Å². The van der Waals surface area contributed by atoms with Gasteiger partial charge >= 0.3 is 0 Å². The minimum absolute atomic E-state index is 0.0379. The number of hydrogen-bond acceptors (Lipinski definition) is 1. The summed E-state index contributed by atoms with van der Waals surface area (Å²) < 4.78 is 25.8. The van der Waals surface area contributed by atoms with Gasteiger partial charge in [0.05, 0.1) is 5.69 Å². The molecule has 1 rings (SSSR count). The Morgan fingerprint density at radius 1 is 1.43 bits per heavy atom. The van der Waals surface area contributed by atoms with Gasteiger partial charge in [0.15, 0.2) is 16.7 Å². The Morgan fingerprint density at radius 2 is 2.14 bits per heavy atom. The summed E-state index contributed by atoms with van der Waals surface area (Å²) in [5, 5.41) is 5.60. The third-order valence-corrected chi connectivity index (χ3v) is 1.78. The number of benzene rings is 1. The van der Waals surface area contributed by atoms with Crippen molar-refractivity contribution in [2.24, 2.45) is 0 Å². The standard InChI is InChI=1S/C9H10F2N2S/c1-2-12-9(14)13-7-5-3-4-6(10)8(7)11/h3-5H,2H2,1H3,(H2,12,13,14). The van der Waals surface area contributed by atoms with Crippen molar-refractivity contribution in [3.63, 3.8) is 0 Å². The molecule has 5 heteroatoms. The predicted molar refractivity (Wildman–Crippen MR) is 56.3 cm³/mol. The summed E-state index contributed by atoms with van der Waals surface area (Å²) in [6.45, 7) is 2.48. The Bertz CT molecular complexity index is 342. The van der Waals surface area contributed by atoms with Gasteiger partial charge in [-0.3, -0.25) is 0 Å². The van der Waals surface area contributed by atoms with Gasteiger partial charge in [0.2, 0.25) is 0 Å². The maximum atomic E-state index is 13.1. The van der Waals surface area contributed by atoms with Crippen LogP contribution in [-0.2, 0) is 0 Å². The van der Waals surface area contributed by atoms with Crippen LogP contribution in [0.5, 0.6) is 0 Å². The minimum Gasteiger partial charge on any atom is -0.363 e. The molecule has 0 bridgehead atoms. The molecule has 0 saturated heterocycles. The second kappa shape index (κ2) is 4.85. The summed E-state index contributed by atoms with van der Waals surface area (Å²) in [5.74, 6) is -1.82. The summed E-state index contributed by atoms with van der Waals surface area (Å²) in [4.78, 5) is 0. The first-order chi connectivity index (χ1) is 6.65. The van der Waals surface area contributed by atoms with Crippen molar-refractivity contribution < 1.29 is 8.78 Å². The largest absolute Gasteiger partial charge is 0.363 e. The topological polar surface area (TPSA) is 24.1 Å². The Labute approximate surface area is 86.3 Å². The monoisotopic (exact) mass is 216 g/mol. The number of thiocarbonyl (C=S) groups is 1. The molecule has 0 aliphatic carbocycles. The van der Waals surface area contributed by atoms with Crippen molar-refractivity contribution in [3.8, 4) is 0 Å². The lowest BCUT2D eigenvalue weighted by Gasteiger charge is -2.09. The molecule has 2 N–H and O–H groups in total. The van der Waals surface area contributed by atoms with E-state index in [0.717, 1.165) is 6.07 Å². The number of anilines is 1. The first-order valence-corrected chi connectivity index (χ1v) is 4.55. The lowest BCUT2D eigenvalue weighted by Crippen LogP contribution is -2.28. The fourth-order valence-electron chi connectivity index (χ4n) is 0.927. The molecule has 0 aliphatic rings. The van der Waals surface area contributed by atoms with Crippen molar-refractivity contribution in [1.82, 2.24) is 5.32 Å². The van der Waals surface area contributed by atoms with Crippen LogP contribution in [-0.4, -0.2) is 11.7 Å². The van der Waals surface area contributed by atoms with Crippen molar-refractivity contribution in [1.29, 1.82) is 0 Å². The molecule has 2 nitrogen and oxygen atoms in total. The van der Waals surface area contributed by atoms with Crippen molar-refractivity contribution in [3.05, 3.63) is 29.8 Å². The van der Waals surface area contributed by atoms with Crippen LogP contribution in [0.25, 0.3) is 0 Å². The predicted octanol–water partition coefficient (Wildman–Crippen LogP) is 2.27. The first-order valence-electron chi connectivity index (χ1n) is 4.14. The molecule has 1 aromatic carbocycles. The first kappa shape index (κ1) is 10.8. The molecule has 0 spiro atoms. The normalized spacial score (nSPS) is 9.64. The van der Waals surface area contributed by atoms with Crippen LogP contribution < -0.4 is 10.6 Å². The molecule has 0 atom stereocenters. The molecule has 76 valence electrons. The van der Waals surface area contributed by atoms with Gasteiger partial charge in [-0.05, 0) is 31.3 Å². The summed E-state index contributed by atoms with van der Waals surface area (Å²) in [6, 6.07) is 3.88. The number of hydrogen-bond donors (Lipinski definition) is 2. The van der Waals surface area contributed by atoms with Gasteiger partial charge in [0.1, 0.15) is 0 Å². The van der Waals surface area contributed by atoms with E-state index in [1.165, 1.54) is 12.1 Å². The fourth-order valence-corrected chi connectivity index (χ4v) is 1.18. The third-order valence-electron chi connectivity index (χ3n) is 1.54. The smallest absolute Gasteiger partial charge is 0.182 e. The SMILES string of the molecule is CCNC(=S)Nc1cccc(F)c1F. The lowest BCUT2D eigenvalue weighted by molar-refractivity contribution is 0.512. The van der Waals surface area contributed by atoms with E-state index in [4.69, 9.17) is 12.2 Å². The van der Waals surface area contributed by atoms with Crippen LogP contribution in [0.15, 0.2) is 18.2 Å². The van der Waals surface area contributed by atoms with E-state index in [1.807, 2.05) is 6.92 Å². The average Bonchev–Trinajstić information content (AvgIpc) is 2.13. The Kier molecular flexibility index (Phi) is 3.76. The van der Waals surface area contributed by atoms with E-state index in [1.54, 1.807) is 0 Å². The highest BCUT2D eigenvalue weighted by Crippen LogP contribution is 2.16. The van der Waals surface area contributed by atoms with Crippen LogP contribution in [0, 0.1) is 11.6 Å². The summed E-state index contributed by atoms with van der Waals surface area (Å²) in [6.07, 6.45) is 0. The number of rotatable bonds is 2. The molecule has 1 aromatic rings. The molecular weight excluding hydrogens is 206 g/mol. The highest BCUT2D eigenvalue weighted by atomic mass is 32.1. The maximum absolute atomic E-state index is 13.1. The molecule has 14 heavy (non-hydrogen) atoms. The molecule has 0 aliphatic heterocycles. The summed E-state index contributed by atoms with van der Waals surface area (Å²) in [7, 11) is 0. The highest BCUT2D eigenvalue weighted by molar-refractivity contribution is 7.80. The molecular formula is C9H10F2N2S. The lowest BCUT2D eigenvalue weighted by atomic mass is 10.3. The average molecular weight is 216 g/mol. The molecule has 0 amide bonds. The second-order valence-corrected chi connectivity index (χ2v) is 2.99. The zero-order valence-electron chi connectivity index (χ0n) is 7.60. The molecule has 0 fully saturated rings. The van der Waals surface area contributed by atoms with Crippen molar-refractivity contribution in [2.45, 2.75) is 6.92 Å². The molecule has 0 heterocycles. The molecule has 0 saturated carbocycles. The highest BCUT2D eigenvalue weighted by Gasteiger charge is 2.07. The Morgan fingerprint density at radius 3 is 2.79 bits per heavy atom. The minimum atomic E-state index is -0.923. The van der Waals surface area contributed by atoms with Gasteiger partial charge in [-0.15, -0.1) is 0 Å². The molecule has 0 aromatic heterocycles. The van der Waals surface area contributed by atoms with E-state index in [0.29, 0.717) is 6.54 Å². The van der Waals surface area contributed by atoms with E-state index in [9.17, 15) is 8.78 Å². The fraction of sp³-hybridized carbons (Fsp3) is 0.222. The molecule has 0 radical (unpaired) electrons. The van der Waals surface area contributed by atoms with Crippen LogP contribution in [0.4, 0.5) is 14.5 Å². The summed E-state index contributed by atoms with van der Waals surface area (Å²) in [5.41, 5.74) is 0.0379. The van der Waals surface area contributed by atoms with Crippen molar-refractivity contribution >= 4 is 23.0 Å². The van der Waals surface area contributed by atoms with Gasteiger partial charge in [-0.1, -0.05) is 6.07 Å². The molecule has 0 unspecified atom stereocenters. The van der Waals surface area contributed by atoms with Gasteiger partial charge < -0.3 is 10.6 Å². The van der Waals surface area contributed by atoms with Crippen LogP contribution in [0.3, 0.4) is 0 Å². The summed E-state index contributed by atoms with van der Waals surface area (Å²) >= 11 is 4.83. The number of halogens is 2. The van der Waals surface area contributed by atoms with Gasteiger partial charge in [0, 0.05) is 6.54 Å². The zero-order chi connectivity index (χ0) is 10.6. The second-order valence-electron chi connectivity index (χ2n) is 2.59. The van der Waals surface area contributed by atoms with Gasteiger partial charge in [-0.2, -0.15) is 0 Å². The van der Waals surface area contributed by atoms with E-state index >= 15 is 0 Å². The quantitative estimate of drug-likeness (QED) is 0.742. The number of nitrogens with one attached hydrogen (secondary N) is 2. The van der Waals surface area contributed by atoms with E-state index in [-0.39, 0.29) is 10.8 Å². The zero-order valence-corrected chi connectivity index (χ0v) is 8.42. The van der Waals surface area contributed by atoms with Gasteiger partial charge in [-0.25, -0.2) is 8.78 Å². The van der Waals surface area contributed by atoms with E-state index in [2.05, 4.69) is 10.6 Å². The maximum Gasteiger partial charge on any atom is 0.182 e. The van der Waals surface area contributed by atoms with E-state index < -0.39 is 11.6 Å². The van der Waals surface area contributed by atoms with Crippen molar-refractivity contribution in [2.75, 3.05) is 11.9 Å². The third kappa shape index (κ3) is 2.63. The Balaban J connectivity index is 2.76. The van der Waals surface area contributed by atoms with Crippen LogP contribution in [0.1, 0.15) is 6.92 Å². The van der Waals surface area contributed by atoms with Crippen LogP contribution >= 0.6 is 12.2 Å². The Hall–Kier alpha value is -1.23.